The molecule has 2 saturated heterocycles. The Morgan fingerprint density at radius 1 is 0.259 bits per heavy atom. The van der Waals surface area contributed by atoms with E-state index in [0.29, 0.717) is 0 Å². The van der Waals surface area contributed by atoms with Gasteiger partial charge in [0.25, 0.3) is 0 Å². The average Bonchev–Trinajstić information content (AvgIpc) is 3.24. The maximum atomic E-state index is 2.63. The molecule has 2 heteroatoms. The summed E-state index contributed by atoms with van der Waals surface area (Å²) in [5.74, 6) is 0. The summed E-state index contributed by atoms with van der Waals surface area (Å²) in [6.07, 6.45) is 7.65. The quantitative estimate of drug-likeness (QED) is 0.169. The summed E-state index contributed by atoms with van der Waals surface area (Å²) in [6.45, 7) is 4.47. The fourth-order valence-electron chi connectivity index (χ4n) is 10.0. The van der Waals surface area contributed by atoms with E-state index in [-0.39, 0.29) is 0 Å². The van der Waals surface area contributed by atoms with Crippen LogP contribution in [0.3, 0.4) is 0 Å². The van der Waals surface area contributed by atoms with Crippen molar-refractivity contribution in [1.29, 1.82) is 0 Å². The van der Waals surface area contributed by atoms with Gasteiger partial charge in [-0.25, -0.2) is 0 Å². The van der Waals surface area contributed by atoms with Gasteiger partial charge >= 0.3 is 0 Å². The maximum absolute atomic E-state index is 2.63. The molecule has 2 aliphatic rings. The molecule has 9 aromatic rings. The number of hydrogen-bond acceptors (Lipinski definition) is 2. The third-order valence-corrected chi connectivity index (χ3v) is 12.6. The Morgan fingerprint density at radius 2 is 0.574 bits per heavy atom. The molecule has 0 saturated carbocycles. The first-order valence-electron chi connectivity index (χ1n) is 20.2. The van der Waals surface area contributed by atoms with E-state index in [9.17, 15) is 0 Å². The Morgan fingerprint density at radius 3 is 0.926 bits per heavy atom. The van der Waals surface area contributed by atoms with Crippen LogP contribution in [-0.4, -0.2) is 26.2 Å². The summed E-state index contributed by atoms with van der Waals surface area (Å²) in [5, 5.41) is 15.7. The van der Waals surface area contributed by atoms with Crippen LogP contribution < -0.4 is 9.80 Å². The predicted molar refractivity (Wildman–Crippen MR) is 234 cm³/mol. The van der Waals surface area contributed by atoms with Crippen molar-refractivity contribution in [3.05, 3.63) is 146 Å². The molecule has 0 atom stereocenters. The number of fused-ring (bicyclic) bond motifs is 6. The highest BCUT2D eigenvalue weighted by atomic mass is 15.1. The van der Waals surface area contributed by atoms with E-state index in [0.717, 1.165) is 26.2 Å². The molecule has 9 aromatic carbocycles. The normalized spacial score (nSPS) is 15.3. The highest BCUT2D eigenvalue weighted by Crippen LogP contribution is 2.51. The molecule has 54 heavy (non-hydrogen) atoms. The fraction of sp³-hybridized carbons (Fsp3) is 0.192. The van der Waals surface area contributed by atoms with E-state index in [2.05, 4.69) is 155 Å². The van der Waals surface area contributed by atoms with Gasteiger partial charge in [0.15, 0.2) is 0 Å². The van der Waals surface area contributed by atoms with E-state index < -0.39 is 0 Å². The predicted octanol–water partition coefficient (Wildman–Crippen LogP) is 13.9. The van der Waals surface area contributed by atoms with Gasteiger partial charge in [0.2, 0.25) is 0 Å². The first-order valence-corrected chi connectivity index (χ1v) is 20.2. The molecule has 2 nitrogen and oxygen atoms in total. The molecule has 0 unspecified atom stereocenters. The molecule has 2 fully saturated rings. The molecule has 0 aromatic heterocycles. The lowest BCUT2D eigenvalue weighted by Gasteiger charge is -2.31. The lowest BCUT2D eigenvalue weighted by molar-refractivity contribution is 0.578. The van der Waals surface area contributed by atoms with Crippen molar-refractivity contribution in [3.63, 3.8) is 0 Å². The third-order valence-electron chi connectivity index (χ3n) is 12.6. The van der Waals surface area contributed by atoms with Crippen molar-refractivity contribution in [1.82, 2.24) is 0 Å². The Labute approximate surface area is 317 Å². The van der Waals surface area contributed by atoms with Crippen molar-refractivity contribution >= 4 is 76.0 Å². The Kier molecular flexibility index (Phi) is 7.57. The van der Waals surface area contributed by atoms with Crippen LogP contribution >= 0.6 is 0 Å². The Bertz CT molecular complexity index is 2600. The largest absolute Gasteiger partial charge is 0.372 e. The van der Waals surface area contributed by atoms with Crippen molar-refractivity contribution in [2.24, 2.45) is 0 Å². The molecule has 0 N–H and O–H groups in total. The zero-order valence-corrected chi connectivity index (χ0v) is 30.8. The minimum Gasteiger partial charge on any atom is -0.372 e. The maximum Gasteiger partial charge on any atom is 0.0372 e. The highest BCUT2D eigenvalue weighted by molar-refractivity contribution is 6.31. The van der Waals surface area contributed by atoms with Gasteiger partial charge in [-0.1, -0.05) is 109 Å². The number of anilines is 2. The van der Waals surface area contributed by atoms with Crippen molar-refractivity contribution in [2.45, 2.75) is 38.5 Å². The second-order valence-corrected chi connectivity index (χ2v) is 15.7. The van der Waals surface area contributed by atoms with Crippen molar-refractivity contribution in [2.75, 3.05) is 36.0 Å². The van der Waals surface area contributed by atoms with Gasteiger partial charge in [-0.05, 0) is 162 Å². The summed E-state index contributed by atoms with van der Waals surface area (Å²) in [5.41, 5.74) is 8.07. The van der Waals surface area contributed by atoms with Gasteiger partial charge in [0.1, 0.15) is 0 Å². The number of nitrogens with zero attached hydrogens (tertiary/aromatic N) is 2. The van der Waals surface area contributed by atoms with Crippen LogP contribution in [0.2, 0.25) is 0 Å². The first kappa shape index (κ1) is 31.6. The van der Waals surface area contributed by atoms with Crippen LogP contribution in [0.1, 0.15) is 38.5 Å². The molecule has 11 rings (SSSR count). The number of rotatable bonds is 4. The third kappa shape index (κ3) is 5.07. The van der Waals surface area contributed by atoms with E-state index in [4.69, 9.17) is 0 Å². The van der Waals surface area contributed by atoms with Crippen LogP contribution in [0.5, 0.6) is 0 Å². The smallest absolute Gasteiger partial charge is 0.0372 e. The molecule has 2 heterocycles. The van der Waals surface area contributed by atoms with E-state index in [1.54, 1.807) is 0 Å². The second-order valence-electron chi connectivity index (χ2n) is 15.7. The van der Waals surface area contributed by atoms with E-state index in [1.807, 2.05) is 0 Å². The standard InChI is InChI=1S/C52H44N2/c1-11-27-53(28-12-1)39-23-25-45-47(33-39)51(49-41-19-7-3-15-35(41)31-36-16-4-8-20-42(36)49)46-26-24-40(54-29-13-2-14-30-54)34-48(46)52(45)50-43-21-9-5-17-37(43)32-38-18-6-10-22-44(38)50/h3-10,15-26,31-34H,1-2,11-14,27-30H2. The van der Waals surface area contributed by atoms with Crippen LogP contribution in [0.25, 0.3) is 86.9 Å². The number of hydrogen-bond donors (Lipinski definition) is 0. The molecular weight excluding hydrogens is 653 g/mol. The van der Waals surface area contributed by atoms with Gasteiger partial charge in [0, 0.05) is 37.6 Å². The van der Waals surface area contributed by atoms with Gasteiger partial charge in [0.05, 0.1) is 0 Å². The zero-order valence-electron chi connectivity index (χ0n) is 30.8. The molecule has 2 aliphatic heterocycles. The van der Waals surface area contributed by atoms with Crippen LogP contribution in [0.4, 0.5) is 11.4 Å². The Hall–Kier alpha value is -5.86. The summed E-state index contributed by atoms with van der Waals surface area (Å²) in [7, 11) is 0. The minimum atomic E-state index is 1.12. The molecule has 0 bridgehead atoms. The van der Waals surface area contributed by atoms with Crippen LogP contribution in [0, 0.1) is 0 Å². The summed E-state index contributed by atoms with van der Waals surface area (Å²) in [6, 6.07) is 55.8. The van der Waals surface area contributed by atoms with Crippen molar-refractivity contribution in [3.8, 4) is 22.3 Å². The lowest BCUT2D eigenvalue weighted by Crippen LogP contribution is -2.29. The summed E-state index contributed by atoms with van der Waals surface area (Å²) < 4.78 is 0. The van der Waals surface area contributed by atoms with Gasteiger partial charge in [-0.15, -0.1) is 0 Å². The van der Waals surface area contributed by atoms with Crippen molar-refractivity contribution < 1.29 is 0 Å². The van der Waals surface area contributed by atoms with Gasteiger partial charge in [-0.2, -0.15) is 0 Å². The van der Waals surface area contributed by atoms with E-state index >= 15 is 0 Å². The Balaban J connectivity index is 1.36. The first-order chi connectivity index (χ1) is 26.8. The zero-order chi connectivity index (χ0) is 35.6. The van der Waals surface area contributed by atoms with Gasteiger partial charge < -0.3 is 9.80 Å². The molecule has 0 radical (unpaired) electrons. The monoisotopic (exact) mass is 696 g/mol. The lowest BCUT2D eigenvalue weighted by atomic mass is 9.80. The summed E-state index contributed by atoms with van der Waals surface area (Å²) >= 11 is 0. The van der Waals surface area contributed by atoms with Gasteiger partial charge in [-0.3, -0.25) is 0 Å². The SMILES string of the molecule is c1ccc2c(-c3c4ccc(N5CCCCC5)cc4c(-c4c5ccccc5cc5ccccc45)c4ccc(N5CCCCC5)cc34)c3ccccc3cc2c1. The molecule has 0 spiro atoms. The molecule has 0 amide bonds. The summed E-state index contributed by atoms with van der Waals surface area (Å²) in [4.78, 5) is 5.26. The fourth-order valence-corrected chi connectivity index (χ4v) is 10.0. The molecule has 0 aliphatic carbocycles. The van der Waals surface area contributed by atoms with Crippen LogP contribution in [-0.2, 0) is 0 Å². The highest BCUT2D eigenvalue weighted by Gasteiger charge is 2.25. The number of piperidine rings is 2. The van der Waals surface area contributed by atoms with E-state index in [1.165, 1.54) is 137 Å². The number of benzene rings is 9. The minimum absolute atomic E-state index is 1.12. The van der Waals surface area contributed by atoms with Crippen LogP contribution in [0.15, 0.2) is 146 Å². The average molecular weight is 697 g/mol. The molecular formula is C52H44N2. The second kappa shape index (κ2) is 12.9. The molecule has 262 valence electrons. The topological polar surface area (TPSA) is 6.48 Å².